The lowest BCUT2D eigenvalue weighted by atomic mass is 10.2. The van der Waals surface area contributed by atoms with Gasteiger partial charge in [0.2, 0.25) is 0 Å². The summed E-state index contributed by atoms with van der Waals surface area (Å²) >= 11 is 0. The standard InChI is InChI=1S/C8H6N2O.C2H6/c1-2-4-7(5-3-1)8-6-9-10-11-8;1-2/h1-6H;1-2H3. The molecule has 3 heteroatoms. The molecule has 0 aliphatic heterocycles. The molecule has 0 radical (unpaired) electrons. The Labute approximate surface area is 77.4 Å². The number of nitrogens with zero attached hydrogens (tertiary/aromatic N) is 2. The van der Waals surface area contributed by atoms with E-state index in [0.717, 1.165) is 5.56 Å². The Hall–Kier alpha value is -1.64. The van der Waals surface area contributed by atoms with E-state index in [1.165, 1.54) is 0 Å². The van der Waals surface area contributed by atoms with E-state index in [9.17, 15) is 0 Å². The molecule has 2 rings (SSSR count). The van der Waals surface area contributed by atoms with Gasteiger partial charge in [0.25, 0.3) is 0 Å². The van der Waals surface area contributed by atoms with Crippen molar-refractivity contribution >= 4 is 0 Å². The molecular weight excluding hydrogens is 164 g/mol. The Kier molecular flexibility index (Phi) is 3.70. The summed E-state index contributed by atoms with van der Waals surface area (Å²) in [6, 6.07) is 9.73. The molecule has 0 N–H and O–H groups in total. The van der Waals surface area contributed by atoms with Gasteiger partial charge in [0, 0.05) is 10.8 Å². The number of hydrogen-bond acceptors (Lipinski definition) is 3. The molecule has 0 aliphatic carbocycles. The zero-order chi connectivity index (χ0) is 9.52. The second kappa shape index (κ2) is 5.09. The molecule has 0 bridgehead atoms. The first kappa shape index (κ1) is 9.45. The van der Waals surface area contributed by atoms with E-state index < -0.39 is 0 Å². The summed E-state index contributed by atoms with van der Waals surface area (Å²) < 4.78 is 4.86. The molecule has 0 amide bonds. The van der Waals surface area contributed by atoms with Crippen LogP contribution in [0.25, 0.3) is 11.3 Å². The summed E-state index contributed by atoms with van der Waals surface area (Å²) in [4.78, 5) is 0. The summed E-state index contributed by atoms with van der Waals surface area (Å²) in [5.74, 6) is 0.700. The van der Waals surface area contributed by atoms with Crippen LogP contribution in [0.2, 0.25) is 0 Å². The van der Waals surface area contributed by atoms with Gasteiger partial charge in [-0.1, -0.05) is 44.2 Å². The normalized spacial score (nSPS) is 8.77. The second-order valence-electron chi connectivity index (χ2n) is 2.15. The fourth-order valence-electron chi connectivity index (χ4n) is 0.897. The fourth-order valence-corrected chi connectivity index (χ4v) is 0.897. The molecule has 68 valence electrons. The smallest absolute Gasteiger partial charge is 0.187 e. The number of aromatic nitrogens is 2. The van der Waals surface area contributed by atoms with E-state index in [0.29, 0.717) is 5.76 Å². The van der Waals surface area contributed by atoms with Crippen molar-refractivity contribution in [1.82, 2.24) is 10.4 Å². The summed E-state index contributed by atoms with van der Waals surface area (Å²) in [6.45, 7) is 4.00. The van der Waals surface area contributed by atoms with Crippen LogP contribution in [0, 0.1) is 0 Å². The predicted octanol–water partition coefficient (Wildman–Crippen LogP) is 2.76. The maximum Gasteiger partial charge on any atom is 0.187 e. The van der Waals surface area contributed by atoms with E-state index in [-0.39, 0.29) is 0 Å². The third-order valence-corrected chi connectivity index (χ3v) is 1.42. The Bertz CT molecular complexity index is 316. The molecule has 0 fully saturated rings. The summed E-state index contributed by atoms with van der Waals surface area (Å²) in [5, 5.41) is 6.96. The summed E-state index contributed by atoms with van der Waals surface area (Å²) in [6.07, 6.45) is 1.59. The Balaban J connectivity index is 0.000000396. The molecule has 0 aliphatic rings. The first-order valence-corrected chi connectivity index (χ1v) is 4.29. The average Bonchev–Trinajstić information content (AvgIpc) is 2.75. The monoisotopic (exact) mass is 176 g/mol. The van der Waals surface area contributed by atoms with Gasteiger partial charge in [-0.05, 0) is 0 Å². The van der Waals surface area contributed by atoms with Crippen LogP contribution in [0.5, 0.6) is 0 Å². The molecular formula is C10H12N2O. The minimum absolute atomic E-state index is 0.700. The summed E-state index contributed by atoms with van der Waals surface area (Å²) in [5.41, 5.74) is 0.998. The van der Waals surface area contributed by atoms with Gasteiger partial charge in [0.05, 0.1) is 6.20 Å². The fraction of sp³-hybridized carbons (Fsp3) is 0.200. The number of rotatable bonds is 1. The minimum Gasteiger partial charge on any atom is -0.337 e. The third-order valence-electron chi connectivity index (χ3n) is 1.42. The molecule has 3 nitrogen and oxygen atoms in total. The van der Waals surface area contributed by atoms with Gasteiger partial charge >= 0.3 is 0 Å². The van der Waals surface area contributed by atoms with Crippen LogP contribution in [-0.2, 0) is 0 Å². The minimum atomic E-state index is 0.700. The second-order valence-corrected chi connectivity index (χ2v) is 2.15. The molecule has 0 atom stereocenters. The molecule has 2 aromatic rings. The first-order valence-electron chi connectivity index (χ1n) is 4.29. The lowest BCUT2D eigenvalue weighted by Crippen LogP contribution is -1.69. The third kappa shape index (κ3) is 2.40. The molecule has 1 heterocycles. The molecule has 0 saturated heterocycles. The molecule has 13 heavy (non-hydrogen) atoms. The Morgan fingerprint density at radius 1 is 1.08 bits per heavy atom. The molecule has 1 aromatic carbocycles. The van der Waals surface area contributed by atoms with Crippen LogP contribution in [0.1, 0.15) is 13.8 Å². The summed E-state index contributed by atoms with van der Waals surface area (Å²) in [7, 11) is 0. The van der Waals surface area contributed by atoms with Crippen LogP contribution >= 0.6 is 0 Å². The predicted molar refractivity (Wildman–Crippen MR) is 51.1 cm³/mol. The van der Waals surface area contributed by atoms with Crippen LogP contribution in [0.4, 0.5) is 0 Å². The highest BCUT2D eigenvalue weighted by Gasteiger charge is 1.98. The van der Waals surface area contributed by atoms with Gasteiger partial charge in [0.15, 0.2) is 5.76 Å². The lowest BCUT2D eigenvalue weighted by molar-refractivity contribution is 0.403. The van der Waals surface area contributed by atoms with Crippen molar-refractivity contribution in [1.29, 1.82) is 0 Å². The van der Waals surface area contributed by atoms with Gasteiger partial charge in [-0.2, -0.15) is 0 Å². The van der Waals surface area contributed by atoms with Gasteiger partial charge in [-0.15, -0.1) is 5.10 Å². The lowest BCUT2D eigenvalue weighted by Gasteiger charge is -1.89. The van der Waals surface area contributed by atoms with Crippen molar-refractivity contribution in [3.8, 4) is 11.3 Å². The van der Waals surface area contributed by atoms with Crippen molar-refractivity contribution in [2.24, 2.45) is 0 Å². The SMILES string of the molecule is CC.c1ccc(-c2cnno2)cc1. The van der Waals surface area contributed by atoms with E-state index in [4.69, 9.17) is 4.52 Å². The maximum absolute atomic E-state index is 4.86. The van der Waals surface area contributed by atoms with Crippen molar-refractivity contribution in [3.05, 3.63) is 36.5 Å². The van der Waals surface area contributed by atoms with Gasteiger partial charge in [0.1, 0.15) is 0 Å². The van der Waals surface area contributed by atoms with Crippen molar-refractivity contribution in [3.63, 3.8) is 0 Å². The highest BCUT2D eigenvalue weighted by atomic mass is 16.5. The van der Waals surface area contributed by atoms with E-state index >= 15 is 0 Å². The first-order chi connectivity index (χ1) is 6.47. The van der Waals surface area contributed by atoms with Crippen LogP contribution < -0.4 is 0 Å². The number of hydrogen-bond donors (Lipinski definition) is 0. The van der Waals surface area contributed by atoms with Crippen LogP contribution in [-0.4, -0.2) is 10.4 Å². The number of benzene rings is 1. The van der Waals surface area contributed by atoms with E-state index in [2.05, 4.69) is 10.4 Å². The average molecular weight is 176 g/mol. The highest BCUT2D eigenvalue weighted by Crippen LogP contribution is 2.15. The molecule has 1 aromatic heterocycles. The maximum atomic E-state index is 4.86. The Morgan fingerprint density at radius 2 is 1.77 bits per heavy atom. The highest BCUT2D eigenvalue weighted by molar-refractivity contribution is 5.54. The zero-order valence-electron chi connectivity index (χ0n) is 7.77. The molecule has 0 spiro atoms. The molecule has 0 saturated carbocycles. The molecule has 0 unspecified atom stereocenters. The van der Waals surface area contributed by atoms with Crippen molar-refractivity contribution in [2.75, 3.05) is 0 Å². The van der Waals surface area contributed by atoms with Crippen LogP contribution in [0.3, 0.4) is 0 Å². The van der Waals surface area contributed by atoms with Crippen molar-refractivity contribution in [2.45, 2.75) is 13.8 Å². The largest absolute Gasteiger partial charge is 0.337 e. The van der Waals surface area contributed by atoms with E-state index in [1.54, 1.807) is 6.20 Å². The van der Waals surface area contributed by atoms with Gasteiger partial charge in [-0.3, -0.25) is 0 Å². The van der Waals surface area contributed by atoms with Crippen LogP contribution in [0.15, 0.2) is 41.1 Å². The van der Waals surface area contributed by atoms with Gasteiger partial charge in [-0.25, -0.2) is 0 Å². The quantitative estimate of drug-likeness (QED) is 0.670. The van der Waals surface area contributed by atoms with Gasteiger partial charge < -0.3 is 4.52 Å². The zero-order valence-corrected chi connectivity index (χ0v) is 7.77. The topological polar surface area (TPSA) is 38.9 Å². The van der Waals surface area contributed by atoms with Crippen molar-refractivity contribution < 1.29 is 4.52 Å². The Morgan fingerprint density at radius 3 is 2.31 bits per heavy atom. The van der Waals surface area contributed by atoms with E-state index in [1.807, 2.05) is 44.2 Å².